The maximum Gasteiger partial charge on any atom is 0.265 e. The summed E-state index contributed by atoms with van der Waals surface area (Å²) in [5.74, 6) is -0.487. The van der Waals surface area contributed by atoms with Gasteiger partial charge >= 0.3 is 0 Å². The van der Waals surface area contributed by atoms with E-state index in [9.17, 15) is 13.2 Å². The Morgan fingerprint density at radius 2 is 2.00 bits per heavy atom. The largest absolute Gasteiger partial charge is 0.386 e. The fraction of sp³-hybridized carbons (Fsp3) is 0.400. The van der Waals surface area contributed by atoms with Crippen molar-refractivity contribution in [2.45, 2.75) is 19.1 Å². The van der Waals surface area contributed by atoms with E-state index < -0.39 is 18.3 Å². The minimum absolute atomic E-state index is 0.168. The lowest BCUT2D eigenvalue weighted by molar-refractivity contribution is -0.00341. The van der Waals surface area contributed by atoms with Crippen molar-refractivity contribution in [2.75, 3.05) is 6.54 Å². The van der Waals surface area contributed by atoms with Gasteiger partial charge in [-0.3, -0.25) is 0 Å². The first kappa shape index (κ1) is 13.3. The summed E-state index contributed by atoms with van der Waals surface area (Å²) in [6.07, 6.45) is -4.51. The molecule has 0 radical (unpaired) electrons. The quantitative estimate of drug-likeness (QED) is 0.843. The Bertz CT molecular complexity index is 329. The zero-order chi connectivity index (χ0) is 12.1. The van der Waals surface area contributed by atoms with Crippen LogP contribution in [0.1, 0.15) is 5.56 Å². The lowest BCUT2D eigenvalue weighted by Crippen LogP contribution is -2.31. The highest BCUT2D eigenvalue weighted by Gasteiger charge is 2.15. The van der Waals surface area contributed by atoms with E-state index in [1.54, 1.807) is 0 Å². The van der Waals surface area contributed by atoms with Crippen LogP contribution in [0, 0.1) is 5.82 Å². The molecule has 0 aliphatic carbocycles. The molecule has 2 N–H and O–H groups in total. The molecule has 0 heterocycles. The van der Waals surface area contributed by atoms with Gasteiger partial charge in [-0.25, -0.2) is 13.2 Å². The number of hydrogen-bond acceptors (Lipinski definition) is 2. The number of halogens is 4. The van der Waals surface area contributed by atoms with Crippen LogP contribution in [0.2, 0.25) is 5.02 Å². The van der Waals surface area contributed by atoms with Crippen LogP contribution in [0.3, 0.4) is 0 Å². The second-order valence-electron chi connectivity index (χ2n) is 3.31. The van der Waals surface area contributed by atoms with Gasteiger partial charge in [0.05, 0.1) is 0 Å². The van der Waals surface area contributed by atoms with Crippen LogP contribution in [0.4, 0.5) is 13.2 Å². The van der Waals surface area contributed by atoms with Gasteiger partial charge in [0.2, 0.25) is 0 Å². The molecule has 6 heteroatoms. The van der Waals surface area contributed by atoms with E-state index >= 15 is 0 Å². The lowest BCUT2D eigenvalue weighted by atomic mass is 10.2. The molecule has 0 saturated carbocycles. The van der Waals surface area contributed by atoms with Gasteiger partial charge in [-0.2, -0.15) is 0 Å². The molecule has 0 fully saturated rings. The maximum atomic E-state index is 12.9. The highest BCUT2D eigenvalue weighted by Crippen LogP contribution is 2.13. The number of nitrogens with one attached hydrogen (secondary N) is 1. The molecule has 90 valence electrons. The monoisotopic (exact) mass is 253 g/mol. The van der Waals surface area contributed by atoms with Gasteiger partial charge in [0.25, 0.3) is 6.43 Å². The van der Waals surface area contributed by atoms with Crippen molar-refractivity contribution in [1.29, 1.82) is 0 Å². The molecular weight excluding hydrogens is 243 g/mol. The predicted octanol–water partition coefficient (Wildman–Crippen LogP) is 2.19. The summed E-state index contributed by atoms with van der Waals surface area (Å²) >= 11 is 5.60. The van der Waals surface area contributed by atoms with Crippen LogP contribution >= 0.6 is 11.6 Å². The number of hydrogen-bond donors (Lipinski definition) is 2. The van der Waals surface area contributed by atoms with Crippen molar-refractivity contribution in [2.24, 2.45) is 0 Å². The summed E-state index contributed by atoms with van der Waals surface area (Å²) in [6, 6.07) is 3.92. The summed E-state index contributed by atoms with van der Waals surface area (Å²) < 4.78 is 36.7. The summed E-state index contributed by atoms with van der Waals surface area (Å²) in [7, 11) is 0. The Balaban J connectivity index is 2.43. The third kappa shape index (κ3) is 4.38. The second kappa shape index (κ2) is 6.08. The Morgan fingerprint density at radius 3 is 2.56 bits per heavy atom. The first-order valence-corrected chi connectivity index (χ1v) is 4.98. The average molecular weight is 254 g/mol. The van der Waals surface area contributed by atoms with Crippen LogP contribution in [-0.4, -0.2) is 24.2 Å². The predicted molar refractivity (Wildman–Crippen MR) is 55.1 cm³/mol. The highest BCUT2D eigenvalue weighted by molar-refractivity contribution is 6.30. The normalized spacial score (nSPS) is 13.1. The van der Waals surface area contributed by atoms with Crippen molar-refractivity contribution in [1.82, 2.24) is 5.32 Å². The van der Waals surface area contributed by atoms with Crippen molar-refractivity contribution in [3.8, 4) is 0 Å². The van der Waals surface area contributed by atoms with Gasteiger partial charge in [0.15, 0.2) is 0 Å². The number of aliphatic hydroxyl groups excluding tert-OH is 1. The van der Waals surface area contributed by atoms with E-state index in [1.807, 2.05) is 0 Å². The van der Waals surface area contributed by atoms with E-state index in [-0.39, 0.29) is 18.1 Å². The minimum atomic E-state index is -2.79. The Morgan fingerprint density at radius 1 is 1.31 bits per heavy atom. The Labute approximate surface area is 96.0 Å². The van der Waals surface area contributed by atoms with Crippen molar-refractivity contribution < 1.29 is 18.3 Å². The lowest BCUT2D eigenvalue weighted by Gasteiger charge is -2.10. The zero-order valence-electron chi connectivity index (χ0n) is 8.26. The molecule has 0 aromatic heterocycles. The number of alkyl halides is 2. The molecule has 1 rings (SSSR count). The topological polar surface area (TPSA) is 32.3 Å². The molecule has 0 amide bonds. The molecule has 16 heavy (non-hydrogen) atoms. The molecular formula is C10H11ClF3NO. The molecule has 1 unspecified atom stereocenters. The third-order valence-corrected chi connectivity index (χ3v) is 2.11. The fourth-order valence-electron chi connectivity index (χ4n) is 1.17. The first-order valence-electron chi connectivity index (χ1n) is 4.61. The zero-order valence-corrected chi connectivity index (χ0v) is 9.02. The van der Waals surface area contributed by atoms with Gasteiger partial charge in [-0.05, 0) is 23.8 Å². The second-order valence-corrected chi connectivity index (χ2v) is 3.75. The van der Waals surface area contributed by atoms with E-state index in [2.05, 4.69) is 5.32 Å². The smallest absolute Gasteiger partial charge is 0.265 e. The number of benzene rings is 1. The summed E-state index contributed by atoms with van der Waals surface area (Å²) in [6.45, 7) is -0.0902. The summed E-state index contributed by atoms with van der Waals surface area (Å²) in [5.41, 5.74) is 0.534. The third-order valence-electron chi connectivity index (χ3n) is 1.90. The summed E-state index contributed by atoms with van der Waals surface area (Å²) in [5, 5.41) is 11.6. The molecule has 1 aromatic carbocycles. The minimum Gasteiger partial charge on any atom is -0.386 e. The van der Waals surface area contributed by atoms with Gasteiger partial charge in [-0.1, -0.05) is 11.6 Å². The number of aliphatic hydroxyl groups is 1. The number of rotatable bonds is 5. The molecule has 0 bridgehead atoms. The van der Waals surface area contributed by atoms with E-state index in [0.29, 0.717) is 5.56 Å². The van der Waals surface area contributed by atoms with Gasteiger partial charge in [0.1, 0.15) is 11.9 Å². The van der Waals surface area contributed by atoms with Gasteiger partial charge < -0.3 is 10.4 Å². The van der Waals surface area contributed by atoms with E-state index in [1.165, 1.54) is 12.1 Å². The SMILES string of the molecule is OC(CNCc1cc(F)cc(Cl)c1)C(F)F. The van der Waals surface area contributed by atoms with Crippen molar-refractivity contribution in [3.05, 3.63) is 34.6 Å². The molecule has 0 spiro atoms. The Hall–Kier alpha value is -0.780. The molecule has 0 saturated heterocycles. The van der Waals surface area contributed by atoms with Crippen LogP contribution in [0.15, 0.2) is 18.2 Å². The van der Waals surface area contributed by atoms with Crippen molar-refractivity contribution in [3.63, 3.8) is 0 Å². The van der Waals surface area contributed by atoms with Crippen LogP contribution in [-0.2, 0) is 6.54 Å². The molecule has 2 nitrogen and oxygen atoms in total. The average Bonchev–Trinajstić information content (AvgIpc) is 2.15. The van der Waals surface area contributed by atoms with E-state index in [0.717, 1.165) is 6.07 Å². The standard InChI is InChI=1S/C10H11ClF3NO/c11-7-1-6(2-8(12)3-7)4-15-5-9(16)10(13)14/h1-3,9-10,15-16H,4-5H2. The Kier molecular flexibility index (Phi) is 5.05. The van der Waals surface area contributed by atoms with Crippen LogP contribution in [0.5, 0.6) is 0 Å². The molecule has 0 aliphatic rings. The van der Waals surface area contributed by atoms with Gasteiger partial charge in [-0.15, -0.1) is 0 Å². The first-order chi connectivity index (χ1) is 7.49. The maximum absolute atomic E-state index is 12.9. The molecule has 0 aliphatic heterocycles. The van der Waals surface area contributed by atoms with E-state index in [4.69, 9.17) is 16.7 Å². The van der Waals surface area contributed by atoms with Crippen LogP contribution < -0.4 is 5.32 Å². The van der Waals surface area contributed by atoms with Crippen LogP contribution in [0.25, 0.3) is 0 Å². The fourth-order valence-corrected chi connectivity index (χ4v) is 1.41. The van der Waals surface area contributed by atoms with Crippen molar-refractivity contribution >= 4 is 11.6 Å². The molecule has 1 aromatic rings. The van der Waals surface area contributed by atoms with Gasteiger partial charge in [0, 0.05) is 18.1 Å². The summed E-state index contributed by atoms with van der Waals surface area (Å²) in [4.78, 5) is 0. The molecule has 1 atom stereocenters. The highest BCUT2D eigenvalue weighted by atomic mass is 35.5.